The van der Waals surface area contributed by atoms with Gasteiger partial charge in [-0.25, -0.2) is 0 Å². The fraction of sp³-hybridized carbons (Fsp3) is 1.00. The molecule has 0 spiro atoms. The van der Waals surface area contributed by atoms with Gasteiger partial charge in [0.1, 0.15) is 8.96 Å². The van der Waals surface area contributed by atoms with Gasteiger partial charge in [0.25, 0.3) is 0 Å². The molecular formula is C12H33N2Si3. The third kappa shape index (κ3) is 6.33. The van der Waals surface area contributed by atoms with Crippen LogP contribution in [0.3, 0.4) is 0 Å². The van der Waals surface area contributed by atoms with Gasteiger partial charge in [0.2, 0.25) is 0 Å². The fourth-order valence-electron chi connectivity index (χ4n) is 2.56. The molecule has 0 aliphatic heterocycles. The van der Waals surface area contributed by atoms with Crippen LogP contribution in [-0.4, -0.2) is 53.8 Å². The third-order valence-electron chi connectivity index (χ3n) is 3.26. The first-order valence-corrected chi connectivity index (χ1v) is 14.6. The Kier molecular flexibility index (Phi) is 7.47. The van der Waals surface area contributed by atoms with Crippen LogP contribution < -0.4 is 0 Å². The van der Waals surface area contributed by atoms with E-state index in [2.05, 4.69) is 70.4 Å². The molecule has 2 nitrogen and oxygen atoms in total. The van der Waals surface area contributed by atoms with E-state index in [1.165, 1.54) is 0 Å². The molecule has 0 aliphatic rings. The van der Waals surface area contributed by atoms with Gasteiger partial charge in [-0.15, -0.1) is 0 Å². The lowest BCUT2D eigenvalue weighted by Gasteiger charge is -2.41. The number of rotatable bonds is 6. The van der Waals surface area contributed by atoms with Crippen molar-refractivity contribution in [2.24, 2.45) is 0 Å². The van der Waals surface area contributed by atoms with E-state index in [1.54, 1.807) is 0 Å². The van der Waals surface area contributed by atoms with E-state index in [4.69, 9.17) is 0 Å². The van der Waals surface area contributed by atoms with Gasteiger partial charge in [-0.05, 0) is 38.4 Å². The maximum Gasteiger partial charge on any atom is 0.122 e. The Bertz CT molecular complexity index is 204. The molecule has 0 aromatic rings. The zero-order valence-corrected chi connectivity index (χ0v) is 17.3. The van der Waals surface area contributed by atoms with E-state index in [0.29, 0.717) is 5.54 Å². The average Bonchev–Trinajstić information content (AvgIpc) is 2.07. The molecule has 0 N–H and O–H groups in total. The Morgan fingerprint density at radius 2 is 1.29 bits per heavy atom. The molecule has 5 heteroatoms. The summed E-state index contributed by atoms with van der Waals surface area (Å²) in [6.07, 6.45) is 0. The Morgan fingerprint density at radius 3 is 1.53 bits per heavy atom. The van der Waals surface area contributed by atoms with Crippen molar-refractivity contribution in [1.82, 2.24) is 8.80 Å². The highest BCUT2D eigenvalue weighted by Crippen LogP contribution is 2.14. The molecule has 0 aromatic carbocycles. The summed E-state index contributed by atoms with van der Waals surface area (Å²) in [4.78, 5) is 0. The van der Waals surface area contributed by atoms with Gasteiger partial charge < -0.3 is 8.80 Å². The second-order valence-electron chi connectivity index (χ2n) is 6.69. The van der Waals surface area contributed by atoms with Crippen molar-refractivity contribution in [2.75, 3.05) is 0 Å². The monoisotopic (exact) mass is 289 g/mol. The molecule has 0 fully saturated rings. The predicted molar refractivity (Wildman–Crippen MR) is 88.3 cm³/mol. The van der Waals surface area contributed by atoms with E-state index in [-0.39, 0.29) is 27.4 Å². The van der Waals surface area contributed by atoms with Gasteiger partial charge in [-0.2, -0.15) is 0 Å². The summed E-state index contributed by atoms with van der Waals surface area (Å²) < 4.78 is 5.68. The molecule has 0 atom stereocenters. The predicted octanol–water partition coefficient (Wildman–Crippen LogP) is 1.54. The molecule has 0 bridgehead atoms. The summed E-state index contributed by atoms with van der Waals surface area (Å²) >= 11 is 0. The maximum atomic E-state index is 2.89. The summed E-state index contributed by atoms with van der Waals surface area (Å²) in [5.41, 5.74) is 0.399. The van der Waals surface area contributed by atoms with Gasteiger partial charge in [0.15, 0.2) is 0 Å². The molecule has 0 unspecified atom stereocenters. The van der Waals surface area contributed by atoms with Crippen molar-refractivity contribution in [1.29, 1.82) is 0 Å². The molecule has 1 radical (unpaired) electrons. The lowest BCUT2D eigenvalue weighted by molar-refractivity contribution is 0.314. The Hall–Kier alpha value is 0.571. The number of hydrogen-bond acceptors (Lipinski definition) is 2. The van der Waals surface area contributed by atoms with E-state index >= 15 is 0 Å². The van der Waals surface area contributed by atoms with Crippen molar-refractivity contribution >= 4 is 27.4 Å². The smallest absolute Gasteiger partial charge is 0.122 e. The van der Waals surface area contributed by atoms with E-state index in [0.717, 1.165) is 12.1 Å². The van der Waals surface area contributed by atoms with E-state index in [1.807, 2.05) is 0 Å². The quantitative estimate of drug-likeness (QED) is 0.685. The molecule has 0 saturated carbocycles. The highest BCUT2D eigenvalue weighted by Gasteiger charge is 2.26. The molecule has 0 amide bonds. The van der Waals surface area contributed by atoms with Crippen LogP contribution in [0.1, 0.15) is 48.5 Å². The van der Waals surface area contributed by atoms with Crippen LogP contribution >= 0.6 is 0 Å². The van der Waals surface area contributed by atoms with Gasteiger partial charge in [0.05, 0.1) is 18.4 Å². The van der Waals surface area contributed by atoms with Crippen LogP contribution in [0.25, 0.3) is 0 Å². The van der Waals surface area contributed by atoms with Gasteiger partial charge in [-0.1, -0.05) is 40.8 Å². The van der Waals surface area contributed by atoms with Crippen molar-refractivity contribution in [3.8, 4) is 0 Å². The molecule has 0 rings (SSSR count). The van der Waals surface area contributed by atoms with Gasteiger partial charge in [0, 0.05) is 0 Å². The standard InChI is InChI=1S/C12H33N2Si3/c1-10(2)13(11(3)4)15-16-14(17(8)9)12(5,6)7/h10-11H,15-16H2,1-9H3. The first kappa shape index (κ1) is 17.6. The highest BCUT2D eigenvalue weighted by molar-refractivity contribution is 7.00. The third-order valence-corrected chi connectivity index (χ3v) is 16.0. The van der Waals surface area contributed by atoms with Crippen LogP contribution in [-0.2, 0) is 0 Å². The van der Waals surface area contributed by atoms with Crippen LogP contribution in [0.2, 0.25) is 13.1 Å². The van der Waals surface area contributed by atoms with Crippen molar-refractivity contribution < 1.29 is 0 Å². The van der Waals surface area contributed by atoms with Crippen LogP contribution in [0.15, 0.2) is 0 Å². The van der Waals surface area contributed by atoms with E-state index < -0.39 is 0 Å². The minimum atomic E-state index is -0.274. The van der Waals surface area contributed by atoms with Crippen molar-refractivity contribution in [3.05, 3.63) is 0 Å². The molecule has 103 valence electrons. The molecular weight excluding hydrogens is 256 g/mol. The second-order valence-corrected chi connectivity index (χ2v) is 14.7. The molecule has 0 saturated heterocycles. The summed E-state index contributed by atoms with van der Waals surface area (Å²) in [5.74, 6) is 0. The first-order valence-electron chi connectivity index (χ1n) is 6.91. The molecule has 17 heavy (non-hydrogen) atoms. The van der Waals surface area contributed by atoms with Crippen molar-refractivity contribution in [3.63, 3.8) is 0 Å². The first-order chi connectivity index (χ1) is 7.57. The minimum absolute atomic E-state index is 0.0160. The fourth-order valence-corrected chi connectivity index (χ4v) is 19.2. The van der Waals surface area contributed by atoms with Crippen molar-refractivity contribution in [2.45, 2.75) is 79.2 Å². The molecule has 0 aromatic heterocycles. The average molecular weight is 290 g/mol. The summed E-state index contributed by atoms with van der Waals surface area (Å²) in [6, 6.07) is 1.47. The normalized spacial score (nSPS) is 15.2. The maximum absolute atomic E-state index is 2.89. The zero-order valence-electron chi connectivity index (χ0n) is 13.5. The van der Waals surface area contributed by atoms with Gasteiger partial charge in [-0.3, -0.25) is 0 Å². The summed E-state index contributed by atoms with van der Waals surface area (Å²) in [7, 11) is -0.306. The minimum Gasteiger partial charge on any atom is -0.348 e. The lowest BCUT2D eigenvalue weighted by atomic mass is 10.1. The molecule has 0 aliphatic carbocycles. The SMILES string of the molecule is CC(C)N([SiH2][SiH2]N([Si](C)C)C(C)(C)C)C(C)C. The Morgan fingerprint density at radius 1 is 0.882 bits per heavy atom. The zero-order chi connectivity index (χ0) is 13.8. The Labute approximate surface area is 115 Å². The van der Waals surface area contributed by atoms with Crippen LogP contribution in [0, 0.1) is 0 Å². The lowest BCUT2D eigenvalue weighted by Crippen LogP contribution is -2.56. The Balaban J connectivity index is 4.49. The highest BCUT2D eigenvalue weighted by atomic mass is 29.2. The summed E-state index contributed by atoms with van der Waals surface area (Å²) in [5, 5.41) is 0. The second kappa shape index (κ2) is 7.23. The molecule has 0 heterocycles. The van der Waals surface area contributed by atoms with Crippen LogP contribution in [0.5, 0.6) is 0 Å². The van der Waals surface area contributed by atoms with Crippen LogP contribution in [0.4, 0.5) is 0 Å². The number of hydrogen-bond donors (Lipinski definition) is 0. The van der Waals surface area contributed by atoms with Gasteiger partial charge >= 0.3 is 0 Å². The topological polar surface area (TPSA) is 6.48 Å². The largest absolute Gasteiger partial charge is 0.348 e. The van der Waals surface area contributed by atoms with E-state index in [9.17, 15) is 0 Å². The number of nitrogens with zero attached hydrogens (tertiary/aromatic N) is 2. The summed E-state index contributed by atoms with van der Waals surface area (Å²) in [6.45, 7) is 21.5.